The minimum Gasteiger partial charge on any atom is -0.355 e. The maximum absolute atomic E-state index is 4.95. The van der Waals surface area contributed by atoms with Crippen LogP contribution in [0.15, 0.2) is 9.52 Å². The lowest BCUT2D eigenvalue weighted by Crippen LogP contribution is -2.45. The van der Waals surface area contributed by atoms with Gasteiger partial charge in [-0.3, -0.25) is 9.89 Å². The Morgan fingerprint density at radius 2 is 2.27 bits per heavy atom. The van der Waals surface area contributed by atoms with Crippen molar-refractivity contribution in [1.82, 2.24) is 25.7 Å². The monoisotopic (exact) mass is 308 g/mol. The third-order valence-corrected chi connectivity index (χ3v) is 4.12. The van der Waals surface area contributed by atoms with Gasteiger partial charge in [0.05, 0.1) is 6.54 Å². The van der Waals surface area contributed by atoms with Gasteiger partial charge in [0.2, 0.25) is 5.89 Å². The normalized spacial score (nSPS) is 20.1. The molecule has 1 aliphatic heterocycles. The van der Waals surface area contributed by atoms with Crippen LogP contribution >= 0.6 is 0 Å². The molecule has 1 aliphatic rings. The zero-order valence-electron chi connectivity index (χ0n) is 13.9. The van der Waals surface area contributed by atoms with Crippen molar-refractivity contribution in [3.63, 3.8) is 0 Å². The Bertz CT molecular complexity index is 472. The summed E-state index contributed by atoms with van der Waals surface area (Å²) in [4.78, 5) is 11.0. The molecule has 2 heterocycles. The molecule has 0 aromatic carbocycles. The Morgan fingerprint density at radius 1 is 1.41 bits per heavy atom. The van der Waals surface area contributed by atoms with E-state index in [1.165, 1.54) is 32.2 Å². The molecule has 1 unspecified atom stereocenters. The fourth-order valence-corrected chi connectivity index (χ4v) is 2.93. The SMILES string of the molecule is CCC1CCCCN1CCNC(=NC)NCc1noc(C)n1. The summed E-state index contributed by atoms with van der Waals surface area (Å²) < 4.78 is 4.95. The third-order valence-electron chi connectivity index (χ3n) is 4.12. The Hall–Kier alpha value is -1.63. The smallest absolute Gasteiger partial charge is 0.223 e. The van der Waals surface area contributed by atoms with Gasteiger partial charge in [0.25, 0.3) is 0 Å². The maximum atomic E-state index is 4.95. The van der Waals surface area contributed by atoms with Gasteiger partial charge in [-0.15, -0.1) is 0 Å². The standard InChI is InChI=1S/C15H28N6O/c1-4-13-7-5-6-9-21(13)10-8-17-15(16-3)18-11-14-19-12(2)22-20-14/h13H,4-11H2,1-3H3,(H2,16,17,18). The summed E-state index contributed by atoms with van der Waals surface area (Å²) in [5.74, 6) is 1.99. The van der Waals surface area contributed by atoms with E-state index in [0.29, 0.717) is 18.3 Å². The van der Waals surface area contributed by atoms with Crippen LogP contribution in [0.25, 0.3) is 0 Å². The average Bonchev–Trinajstić information content (AvgIpc) is 2.96. The Morgan fingerprint density at radius 3 is 2.95 bits per heavy atom. The summed E-state index contributed by atoms with van der Waals surface area (Å²) in [5.41, 5.74) is 0. The second-order valence-corrected chi connectivity index (χ2v) is 5.68. The topological polar surface area (TPSA) is 78.6 Å². The number of likely N-dealkylation sites (tertiary alicyclic amines) is 1. The van der Waals surface area contributed by atoms with Gasteiger partial charge in [-0.05, 0) is 25.8 Å². The Balaban J connectivity index is 1.69. The zero-order chi connectivity index (χ0) is 15.8. The van der Waals surface area contributed by atoms with Gasteiger partial charge in [0.1, 0.15) is 0 Å². The van der Waals surface area contributed by atoms with Crippen LogP contribution < -0.4 is 10.6 Å². The van der Waals surface area contributed by atoms with Gasteiger partial charge in [-0.2, -0.15) is 4.98 Å². The predicted octanol–water partition coefficient (Wildman–Crippen LogP) is 1.31. The maximum Gasteiger partial charge on any atom is 0.223 e. The third kappa shape index (κ3) is 4.98. The molecule has 1 fully saturated rings. The summed E-state index contributed by atoms with van der Waals surface area (Å²) >= 11 is 0. The number of rotatable bonds is 6. The van der Waals surface area contributed by atoms with Gasteiger partial charge in [-0.1, -0.05) is 18.5 Å². The molecule has 0 aliphatic carbocycles. The molecule has 1 saturated heterocycles. The first kappa shape index (κ1) is 16.7. The molecule has 0 radical (unpaired) electrons. The van der Waals surface area contributed by atoms with Crippen LogP contribution in [0.3, 0.4) is 0 Å². The molecule has 0 amide bonds. The summed E-state index contributed by atoms with van der Waals surface area (Å²) in [6.45, 7) is 7.74. The van der Waals surface area contributed by atoms with E-state index in [1.807, 2.05) is 0 Å². The summed E-state index contributed by atoms with van der Waals surface area (Å²) in [6.07, 6.45) is 5.27. The first-order valence-electron chi connectivity index (χ1n) is 8.20. The zero-order valence-corrected chi connectivity index (χ0v) is 13.9. The summed E-state index contributed by atoms with van der Waals surface area (Å²) in [5, 5.41) is 10.4. The molecular weight excluding hydrogens is 280 g/mol. The molecule has 7 nitrogen and oxygen atoms in total. The molecule has 1 aromatic rings. The van der Waals surface area contributed by atoms with E-state index < -0.39 is 0 Å². The fourth-order valence-electron chi connectivity index (χ4n) is 2.93. The number of hydrogen-bond acceptors (Lipinski definition) is 5. The number of nitrogens with zero attached hydrogens (tertiary/aromatic N) is 4. The molecule has 7 heteroatoms. The van der Waals surface area contributed by atoms with Crippen molar-refractivity contribution in [2.24, 2.45) is 4.99 Å². The van der Waals surface area contributed by atoms with Crippen LogP contribution in [0, 0.1) is 6.92 Å². The van der Waals surface area contributed by atoms with Crippen LogP contribution in [-0.4, -0.2) is 53.7 Å². The van der Waals surface area contributed by atoms with Crippen LogP contribution in [0.5, 0.6) is 0 Å². The van der Waals surface area contributed by atoms with Gasteiger partial charge < -0.3 is 15.2 Å². The number of aliphatic imine (C=N–C) groups is 1. The lowest BCUT2D eigenvalue weighted by Gasteiger charge is -2.35. The Kier molecular flexibility index (Phi) is 6.64. The number of nitrogens with one attached hydrogen (secondary N) is 2. The van der Waals surface area contributed by atoms with E-state index in [-0.39, 0.29) is 0 Å². The molecule has 124 valence electrons. The molecular formula is C15H28N6O. The highest BCUT2D eigenvalue weighted by Crippen LogP contribution is 2.18. The Labute approximate surface area is 132 Å². The summed E-state index contributed by atoms with van der Waals surface area (Å²) in [6, 6.07) is 0.743. The van der Waals surface area contributed by atoms with Crippen LogP contribution in [0.4, 0.5) is 0 Å². The van der Waals surface area contributed by atoms with E-state index in [1.54, 1.807) is 14.0 Å². The minimum atomic E-state index is 0.512. The molecule has 2 rings (SSSR count). The number of aryl methyl sites for hydroxylation is 1. The number of piperidine rings is 1. The van der Waals surface area contributed by atoms with Crippen LogP contribution in [-0.2, 0) is 6.54 Å². The highest BCUT2D eigenvalue weighted by molar-refractivity contribution is 5.79. The molecule has 1 aromatic heterocycles. The second kappa shape index (κ2) is 8.73. The minimum absolute atomic E-state index is 0.512. The lowest BCUT2D eigenvalue weighted by atomic mass is 10.0. The van der Waals surface area contributed by atoms with Gasteiger partial charge in [0.15, 0.2) is 11.8 Å². The van der Waals surface area contributed by atoms with Crippen molar-refractivity contribution in [3.8, 4) is 0 Å². The first-order valence-corrected chi connectivity index (χ1v) is 8.20. The molecule has 1 atom stereocenters. The van der Waals surface area contributed by atoms with Crippen molar-refractivity contribution in [1.29, 1.82) is 0 Å². The predicted molar refractivity (Wildman–Crippen MR) is 86.7 cm³/mol. The van der Waals surface area contributed by atoms with Gasteiger partial charge in [0, 0.05) is 33.1 Å². The van der Waals surface area contributed by atoms with E-state index in [2.05, 4.69) is 37.6 Å². The lowest BCUT2D eigenvalue weighted by molar-refractivity contribution is 0.147. The molecule has 2 N–H and O–H groups in total. The van der Waals surface area contributed by atoms with Crippen LogP contribution in [0.1, 0.15) is 44.3 Å². The van der Waals surface area contributed by atoms with Crippen molar-refractivity contribution < 1.29 is 4.52 Å². The van der Waals surface area contributed by atoms with Gasteiger partial charge in [-0.25, -0.2) is 0 Å². The van der Waals surface area contributed by atoms with E-state index >= 15 is 0 Å². The van der Waals surface area contributed by atoms with Crippen LogP contribution in [0.2, 0.25) is 0 Å². The van der Waals surface area contributed by atoms with Crippen molar-refractivity contribution in [2.75, 3.05) is 26.7 Å². The largest absolute Gasteiger partial charge is 0.355 e. The summed E-state index contributed by atoms with van der Waals surface area (Å²) in [7, 11) is 1.77. The molecule has 0 spiro atoms. The average molecular weight is 308 g/mol. The highest BCUT2D eigenvalue weighted by atomic mass is 16.5. The second-order valence-electron chi connectivity index (χ2n) is 5.68. The van der Waals surface area contributed by atoms with Gasteiger partial charge >= 0.3 is 0 Å². The molecule has 0 saturated carbocycles. The molecule has 22 heavy (non-hydrogen) atoms. The highest BCUT2D eigenvalue weighted by Gasteiger charge is 2.19. The quantitative estimate of drug-likeness (QED) is 0.609. The fraction of sp³-hybridized carbons (Fsp3) is 0.800. The van der Waals surface area contributed by atoms with Crippen molar-refractivity contribution in [2.45, 2.75) is 52.1 Å². The number of aromatic nitrogens is 2. The van der Waals surface area contributed by atoms with Crippen molar-refractivity contribution >= 4 is 5.96 Å². The number of guanidine groups is 1. The van der Waals surface area contributed by atoms with Crippen molar-refractivity contribution in [3.05, 3.63) is 11.7 Å². The first-order chi connectivity index (χ1) is 10.7. The van der Waals surface area contributed by atoms with E-state index in [9.17, 15) is 0 Å². The van der Waals surface area contributed by atoms with E-state index in [4.69, 9.17) is 4.52 Å². The van der Waals surface area contributed by atoms with E-state index in [0.717, 1.165) is 25.1 Å². The molecule has 0 bridgehead atoms. The number of hydrogen-bond donors (Lipinski definition) is 2.